The second-order valence-corrected chi connectivity index (χ2v) is 5.15. The summed E-state index contributed by atoms with van der Waals surface area (Å²) in [6.45, 7) is 5.25. The average molecular weight is 273 g/mol. The lowest BCUT2D eigenvalue weighted by atomic mass is 9.95. The van der Waals surface area contributed by atoms with Gasteiger partial charge in [-0.2, -0.15) is 0 Å². The number of furan rings is 1. The summed E-state index contributed by atoms with van der Waals surface area (Å²) in [6, 6.07) is 4.32. The van der Waals surface area contributed by atoms with Gasteiger partial charge in [0.05, 0.1) is 6.54 Å². The molecular formula is C11H17BrN2O. The smallest absolute Gasteiger partial charge is 0.169 e. The van der Waals surface area contributed by atoms with E-state index in [0.717, 1.165) is 36.5 Å². The molecule has 1 fully saturated rings. The van der Waals surface area contributed by atoms with Crippen molar-refractivity contribution in [1.82, 2.24) is 4.90 Å². The van der Waals surface area contributed by atoms with Crippen molar-refractivity contribution >= 4 is 15.9 Å². The van der Waals surface area contributed by atoms with Crippen molar-refractivity contribution in [3.8, 4) is 0 Å². The van der Waals surface area contributed by atoms with Gasteiger partial charge in [0, 0.05) is 19.1 Å². The largest absolute Gasteiger partial charge is 0.453 e. The lowest BCUT2D eigenvalue weighted by Crippen LogP contribution is -2.45. The maximum atomic E-state index is 5.98. The fraction of sp³-hybridized carbons (Fsp3) is 0.636. The molecule has 0 bridgehead atoms. The second-order valence-electron chi connectivity index (χ2n) is 4.37. The number of halogens is 1. The van der Waals surface area contributed by atoms with Crippen molar-refractivity contribution in [2.75, 3.05) is 13.1 Å². The van der Waals surface area contributed by atoms with Gasteiger partial charge in [0.25, 0.3) is 0 Å². The maximum Gasteiger partial charge on any atom is 0.169 e. The molecule has 0 saturated carbocycles. The summed E-state index contributed by atoms with van der Waals surface area (Å²) in [5.41, 5.74) is 5.98. The Balaban J connectivity index is 1.90. The monoisotopic (exact) mass is 272 g/mol. The fourth-order valence-corrected chi connectivity index (χ4v) is 2.39. The third kappa shape index (κ3) is 2.83. The number of nitrogens with two attached hydrogens (primary N) is 1. The van der Waals surface area contributed by atoms with Gasteiger partial charge in [0.1, 0.15) is 5.76 Å². The number of hydrogen-bond acceptors (Lipinski definition) is 3. The van der Waals surface area contributed by atoms with Crippen molar-refractivity contribution < 1.29 is 4.42 Å². The molecule has 1 aromatic rings. The third-order valence-electron chi connectivity index (χ3n) is 3.06. The van der Waals surface area contributed by atoms with E-state index in [4.69, 9.17) is 10.2 Å². The number of hydrogen-bond donors (Lipinski definition) is 1. The van der Waals surface area contributed by atoms with Gasteiger partial charge in [0.2, 0.25) is 0 Å². The molecule has 0 aliphatic carbocycles. The summed E-state index contributed by atoms with van der Waals surface area (Å²) in [4.78, 5) is 2.40. The molecule has 0 amide bonds. The number of piperidine rings is 1. The van der Waals surface area contributed by atoms with E-state index in [1.807, 2.05) is 12.1 Å². The van der Waals surface area contributed by atoms with Crippen molar-refractivity contribution in [2.45, 2.75) is 25.9 Å². The number of likely N-dealkylation sites (tertiary alicyclic amines) is 1. The molecule has 0 spiro atoms. The Bertz CT molecular complexity index is 326. The van der Waals surface area contributed by atoms with E-state index >= 15 is 0 Å². The van der Waals surface area contributed by atoms with Crippen LogP contribution >= 0.6 is 15.9 Å². The topological polar surface area (TPSA) is 42.4 Å². The van der Waals surface area contributed by atoms with Crippen molar-refractivity contribution in [1.29, 1.82) is 0 Å². The molecule has 1 aliphatic heterocycles. The summed E-state index contributed by atoms with van der Waals surface area (Å²) in [6.07, 6.45) is 1.09. The summed E-state index contributed by atoms with van der Waals surface area (Å²) >= 11 is 3.31. The highest BCUT2D eigenvalue weighted by molar-refractivity contribution is 9.10. The average Bonchev–Trinajstić information content (AvgIpc) is 2.58. The van der Waals surface area contributed by atoms with Crippen molar-refractivity contribution in [3.63, 3.8) is 0 Å². The molecule has 15 heavy (non-hydrogen) atoms. The molecule has 2 N–H and O–H groups in total. The van der Waals surface area contributed by atoms with Crippen LogP contribution in [-0.4, -0.2) is 24.0 Å². The Morgan fingerprint density at radius 1 is 1.60 bits per heavy atom. The van der Waals surface area contributed by atoms with E-state index in [9.17, 15) is 0 Å². The molecule has 2 unspecified atom stereocenters. The first-order chi connectivity index (χ1) is 7.15. The van der Waals surface area contributed by atoms with Crippen LogP contribution in [0.3, 0.4) is 0 Å². The zero-order valence-electron chi connectivity index (χ0n) is 8.95. The standard InChI is InChI=1S/C11H17BrN2O/c1-8-6-14(5-4-10(8)13)7-9-2-3-11(12)15-9/h2-3,8,10H,4-7,13H2,1H3. The van der Waals surface area contributed by atoms with Gasteiger partial charge in [-0.15, -0.1) is 0 Å². The minimum atomic E-state index is 0.365. The van der Waals surface area contributed by atoms with Crippen molar-refractivity contribution in [3.05, 3.63) is 22.6 Å². The van der Waals surface area contributed by atoms with Gasteiger partial charge in [-0.25, -0.2) is 0 Å². The van der Waals surface area contributed by atoms with Gasteiger partial charge in [-0.05, 0) is 40.4 Å². The normalized spacial score (nSPS) is 28.2. The highest BCUT2D eigenvalue weighted by Gasteiger charge is 2.23. The van der Waals surface area contributed by atoms with Gasteiger partial charge in [-0.1, -0.05) is 6.92 Å². The Morgan fingerprint density at radius 2 is 2.40 bits per heavy atom. The molecule has 2 atom stereocenters. The van der Waals surface area contributed by atoms with Crippen LogP contribution in [0, 0.1) is 5.92 Å². The molecule has 1 saturated heterocycles. The predicted molar refractivity (Wildman–Crippen MR) is 63.4 cm³/mol. The summed E-state index contributed by atoms with van der Waals surface area (Å²) < 4.78 is 6.30. The van der Waals surface area contributed by atoms with Crippen LogP contribution in [0.2, 0.25) is 0 Å². The molecule has 1 aromatic heterocycles. The van der Waals surface area contributed by atoms with E-state index in [1.165, 1.54) is 0 Å². The van der Waals surface area contributed by atoms with E-state index < -0.39 is 0 Å². The highest BCUT2D eigenvalue weighted by Crippen LogP contribution is 2.20. The molecule has 2 heterocycles. The predicted octanol–water partition coefficient (Wildman–Crippen LogP) is 2.21. The third-order valence-corrected chi connectivity index (χ3v) is 3.49. The van der Waals surface area contributed by atoms with Gasteiger partial charge < -0.3 is 10.2 Å². The minimum absolute atomic E-state index is 0.365. The molecule has 0 radical (unpaired) electrons. The van der Waals surface area contributed by atoms with Crippen LogP contribution in [0.25, 0.3) is 0 Å². The Morgan fingerprint density at radius 3 is 3.00 bits per heavy atom. The van der Waals surface area contributed by atoms with E-state index in [-0.39, 0.29) is 0 Å². The lowest BCUT2D eigenvalue weighted by molar-refractivity contribution is 0.148. The highest BCUT2D eigenvalue weighted by atomic mass is 79.9. The quantitative estimate of drug-likeness (QED) is 0.898. The summed E-state index contributed by atoms with van der Waals surface area (Å²) in [5, 5.41) is 0. The Labute approximate surface area is 98.7 Å². The van der Waals surface area contributed by atoms with Crippen LogP contribution in [0.15, 0.2) is 21.2 Å². The van der Waals surface area contributed by atoms with Crippen LogP contribution < -0.4 is 5.73 Å². The zero-order valence-corrected chi connectivity index (χ0v) is 10.5. The van der Waals surface area contributed by atoms with Gasteiger partial charge in [0.15, 0.2) is 4.67 Å². The summed E-state index contributed by atoms with van der Waals surface area (Å²) in [5.74, 6) is 1.60. The first kappa shape index (κ1) is 11.2. The molecular weight excluding hydrogens is 256 g/mol. The van der Waals surface area contributed by atoms with Crippen LogP contribution in [-0.2, 0) is 6.54 Å². The zero-order chi connectivity index (χ0) is 10.8. The van der Waals surface area contributed by atoms with Crippen LogP contribution in [0.5, 0.6) is 0 Å². The lowest BCUT2D eigenvalue weighted by Gasteiger charge is -2.34. The Hall–Kier alpha value is -0.320. The second kappa shape index (κ2) is 4.68. The minimum Gasteiger partial charge on any atom is -0.453 e. The van der Waals surface area contributed by atoms with E-state index in [1.54, 1.807) is 0 Å². The van der Waals surface area contributed by atoms with Crippen molar-refractivity contribution in [2.24, 2.45) is 11.7 Å². The first-order valence-electron chi connectivity index (χ1n) is 5.37. The first-order valence-corrected chi connectivity index (χ1v) is 6.16. The molecule has 0 aromatic carbocycles. The molecule has 4 heteroatoms. The van der Waals surface area contributed by atoms with Gasteiger partial charge in [-0.3, -0.25) is 4.90 Å². The summed E-state index contributed by atoms with van der Waals surface area (Å²) in [7, 11) is 0. The van der Waals surface area contributed by atoms with Gasteiger partial charge >= 0.3 is 0 Å². The maximum absolute atomic E-state index is 5.98. The number of rotatable bonds is 2. The van der Waals surface area contributed by atoms with Crippen LogP contribution in [0.1, 0.15) is 19.1 Å². The molecule has 2 rings (SSSR count). The molecule has 84 valence electrons. The molecule has 3 nitrogen and oxygen atoms in total. The van der Waals surface area contributed by atoms with E-state index in [2.05, 4.69) is 27.8 Å². The number of nitrogens with zero attached hydrogens (tertiary/aromatic N) is 1. The van der Waals surface area contributed by atoms with Crippen LogP contribution in [0.4, 0.5) is 0 Å². The van der Waals surface area contributed by atoms with E-state index in [0.29, 0.717) is 12.0 Å². The SMILES string of the molecule is CC1CN(Cc2ccc(Br)o2)CCC1N. The fourth-order valence-electron chi connectivity index (χ4n) is 2.05. The molecule has 1 aliphatic rings. The Kier molecular flexibility index (Phi) is 3.49.